The molecule has 3 rings (SSSR count). The summed E-state index contributed by atoms with van der Waals surface area (Å²) in [5.41, 5.74) is 3.87. The molecule has 0 bridgehead atoms. The van der Waals surface area contributed by atoms with Crippen LogP contribution in [0, 0.1) is 12.8 Å². The molecular weight excluding hydrogens is 360 g/mol. The highest BCUT2D eigenvalue weighted by molar-refractivity contribution is 6.30. The van der Waals surface area contributed by atoms with E-state index >= 15 is 0 Å². The molecular formula is C21H23ClN4O. The van der Waals surface area contributed by atoms with E-state index < -0.39 is 0 Å². The van der Waals surface area contributed by atoms with Crippen LogP contribution in [0.4, 0.5) is 0 Å². The molecule has 2 heterocycles. The lowest BCUT2D eigenvalue weighted by Crippen LogP contribution is -2.25. The normalized spacial score (nSPS) is 11.0. The first-order valence-electron chi connectivity index (χ1n) is 8.98. The van der Waals surface area contributed by atoms with Gasteiger partial charge in [-0.25, -0.2) is 4.68 Å². The van der Waals surface area contributed by atoms with Gasteiger partial charge in [0, 0.05) is 11.2 Å². The van der Waals surface area contributed by atoms with E-state index in [1.807, 2.05) is 49.4 Å². The Balaban J connectivity index is 1.93. The molecule has 140 valence electrons. The number of hydrogen-bond donors (Lipinski definition) is 1. The van der Waals surface area contributed by atoms with Crippen molar-refractivity contribution in [3.05, 3.63) is 76.3 Å². The van der Waals surface area contributed by atoms with Crippen LogP contribution in [0.2, 0.25) is 5.02 Å². The van der Waals surface area contributed by atoms with Gasteiger partial charge in [0.05, 0.1) is 34.9 Å². The molecule has 0 atom stereocenters. The number of carbonyl (C=O) groups excluding carboxylic acids is 1. The van der Waals surface area contributed by atoms with Crippen LogP contribution in [0.25, 0.3) is 5.69 Å². The fraction of sp³-hybridized carbons (Fsp3) is 0.286. The maximum absolute atomic E-state index is 12.9. The molecule has 3 aromatic rings. The first-order chi connectivity index (χ1) is 13.0. The summed E-state index contributed by atoms with van der Waals surface area (Å²) in [6.45, 7) is 6.52. The van der Waals surface area contributed by atoms with Gasteiger partial charge in [0.2, 0.25) is 0 Å². The van der Waals surface area contributed by atoms with Gasteiger partial charge in [-0.1, -0.05) is 37.6 Å². The fourth-order valence-corrected chi connectivity index (χ4v) is 3.19. The second-order valence-electron chi connectivity index (χ2n) is 6.90. The molecule has 6 heteroatoms. The summed E-state index contributed by atoms with van der Waals surface area (Å²) in [5, 5.41) is 8.32. The minimum Gasteiger partial charge on any atom is -0.346 e. The van der Waals surface area contributed by atoms with Crippen LogP contribution >= 0.6 is 11.6 Å². The second-order valence-corrected chi connectivity index (χ2v) is 7.34. The number of hydrogen-bond acceptors (Lipinski definition) is 3. The van der Waals surface area contributed by atoms with Crippen molar-refractivity contribution in [2.45, 2.75) is 33.7 Å². The summed E-state index contributed by atoms with van der Waals surface area (Å²) in [6, 6.07) is 13.1. The fourth-order valence-electron chi connectivity index (χ4n) is 3.01. The third-order valence-electron chi connectivity index (χ3n) is 4.23. The molecule has 0 aliphatic heterocycles. The average Bonchev–Trinajstić information content (AvgIpc) is 2.96. The van der Waals surface area contributed by atoms with E-state index in [1.54, 1.807) is 10.9 Å². The number of nitrogens with one attached hydrogen (secondary N) is 1. The molecule has 0 unspecified atom stereocenters. The number of nitrogens with zero attached hydrogens (tertiary/aromatic N) is 3. The zero-order valence-corrected chi connectivity index (χ0v) is 16.5. The lowest BCUT2D eigenvalue weighted by molar-refractivity contribution is 0.0948. The molecule has 1 aromatic carbocycles. The van der Waals surface area contributed by atoms with Crippen molar-refractivity contribution in [1.29, 1.82) is 0 Å². The Bertz CT molecular complexity index is 935. The molecule has 0 spiro atoms. The van der Waals surface area contributed by atoms with E-state index in [2.05, 4.69) is 24.1 Å². The van der Waals surface area contributed by atoms with Gasteiger partial charge >= 0.3 is 0 Å². The number of halogens is 1. The highest BCUT2D eigenvalue weighted by Crippen LogP contribution is 2.22. The number of aromatic nitrogens is 3. The van der Waals surface area contributed by atoms with Crippen LogP contribution in [0.1, 0.15) is 41.3 Å². The molecule has 2 aromatic heterocycles. The Morgan fingerprint density at radius 3 is 2.70 bits per heavy atom. The van der Waals surface area contributed by atoms with Crippen molar-refractivity contribution >= 4 is 17.5 Å². The van der Waals surface area contributed by atoms with E-state index in [-0.39, 0.29) is 5.91 Å². The van der Waals surface area contributed by atoms with Crippen LogP contribution in [-0.4, -0.2) is 20.7 Å². The molecule has 0 saturated heterocycles. The molecule has 0 radical (unpaired) electrons. The Kier molecular flexibility index (Phi) is 5.91. The van der Waals surface area contributed by atoms with Crippen LogP contribution in [0.3, 0.4) is 0 Å². The van der Waals surface area contributed by atoms with Crippen LogP contribution in [-0.2, 0) is 13.0 Å². The summed E-state index contributed by atoms with van der Waals surface area (Å²) in [4.78, 5) is 17.2. The predicted molar refractivity (Wildman–Crippen MR) is 107 cm³/mol. The molecule has 1 N–H and O–H groups in total. The van der Waals surface area contributed by atoms with Gasteiger partial charge in [-0.2, -0.15) is 5.10 Å². The second kappa shape index (κ2) is 8.35. The zero-order chi connectivity index (χ0) is 19.4. The lowest BCUT2D eigenvalue weighted by atomic mass is 10.0. The van der Waals surface area contributed by atoms with Gasteiger partial charge in [-0.15, -0.1) is 0 Å². The third kappa shape index (κ3) is 4.55. The quantitative estimate of drug-likeness (QED) is 0.689. The van der Waals surface area contributed by atoms with Crippen LogP contribution in [0.5, 0.6) is 0 Å². The van der Waals surface area contributed by atoms with Crippen molar-refractivity contribution in [3.63, 3.8) is 0 Å². The van der Waals surface area contributed by atoms with Crippen molar-refractivity contribution in [3.8, 4) is 5.69 Å². The number of carbonyl (C=O) groups is 1. The minimum atomic E-state index is -0.137. The zero-order valence-electron chi connectivity index (χ0n) is 15.7. The summed E-state index contributed by atoms with van der Waals surface area (Å²) < 4.78 is 1.79. The SMILES string of the molecule is Cc1c(C(=O)NCc2ccccn2)c(CC(C)C)nn1-c1cccc(Cl)c1. The van der Waals surface area contributed by atoms with Crippen LogP contribution < -0.4 is 5.32 Å². The van der Waals surface area contributed by atoms with Gasteiger partial charge in [-0.05, 0) is 49.6 Å². The number of benzene rings is 1. The van der Waals surface area contributed by atoms with E-state index in [0.29, 0.717) is 23.0 Å². The van der Waals surface area contributed by atoms with E-state index in [4.69, 9.17) is 16.7 Å². The first-order valence-corrected chi connectivity index (χ1v) is 9.36. The molecule has 5 nitrogen and oxygen atoms in total. The van der Waals surface area contributed by atoms with Gasteiger partial charge < -0.3 is 5.32 Å². The first kappa shape index (κ1) is 19.1. The number of rotatable bonds is 6. The van der Waals surface area contributed by atoms with E-state index in [0.717, 1.165) is 29.2 Å². The van der Waals surface area contributed by atoms with E-state index in [1.165, 1.54) is 0 Å². The van der Waals surface area contributed by atoms with E-state index in [9.17, 15) is 4.79 Å². The molecule has 0 aliphatic carbocycles. The summed E-state index contributed by atoms with van der Waals surface area (Å²) in [5.74, 6) is 0.247. The summed E-state index contributed by atoms with van der Waals surface area (Å²) >= 11 is 6.13. The highest BCUT2D eigenvalue weighted by Gasteiger charge is 2.22. The van der Waals surface area contributed by atoms with Crippen molar-refractivity contribution in [2.24, 2.45) is 5.92 Å². The van der Waals surface area contributed by atoms with Gasteiger partial charge in [0.15, 0.2) is 0 Å². The van der Waals surface area contributed by atoms with Crippen molar-refractivity contribution < 1.29 is 4.79 Å². The molecule has 27 heavy (non-hydrogen) atoms. The molecule has 0 fully saturated rings. The maximum atomic E-state index is 12.9. The average molecular weight is 383 g/mol. The van der Waals surface area contributed by atoms with Gasteiger partial charge in [-0.3, -0.25) is 9.78 Å². The topological polar surface area (TPSA) is 59.8 Å². The lowest BCUT2D eigenvalue weighted by Gasteiger charge is -2.08. The maximum Gasteiger partial charge on any atom is 0.255 e. The smallest absolute Gasteiger partial charge is 0.255 e. The third-order valence-corrected chi connectivity index (χ3v) is 4.46. The standard InChI is InChI=1S/C21H23ClN4O/c1-14(2)11-19-20(21(27)24-13-17-8-4-5-10-23-17)15(3)26(25-19)18-9-6-7-16(22)12-18/h4-10,12,14H,11,13H2,1-3H3,(H,24,27). The molecule has 0 aliphatic rings. The minimum absolute atomic E-state index is 0.137. The Hall–Kier alpha value is -2.66. The Morgan fingerprint density at radius 1 is 1.22 bits per heavy atom. The predicted octanol–water partition coefficient (Wildman–Crippen LogP) is 4.36. The Morgan fingerprint density at radius 2 is 2.04 bits per heavy atom. The largest absolute Gasteiger partial charge is 0.346 e. The van der Waals surface area contributed by atoms with Gasteiger partial charge in [0.25, 0.3) is 5.91 Å². The summed E-state index contributed by atoms with van der Waals surface area (Å²) in [6.07, 6.45) is 2.44. The van der Waals surface area contributed by atoms with Crippen molar-refractivity contribution in [1.82, 2.24) is 20.1 Å². The molecule has 0 saturated carbocycles. The highest BCUT2D eigenvalue weighted by atomic mass is 35.5. The van der Waals surface area contributed by atoms with Gasteiger partial charge in [0.1, 0.15) is 0 Å². The molecule has 1 amide bonds. The van der Waals surface area contributed by atoms with Crippen LogP contribution in [0.15, 0.2) is 48.7 Å². The number of pyridine rings is 1. The van der Waals surface area contributed by atoms with Crippen molar-refractivity contribution in [2.75, 3.05) is 0 Å². The monoisotopic (exact) mass is 382 g/mol. The summed E-state index contributed by atoms with van der Waals surface area (Å²) in [7, 11) is 0. The Labute approximate surface area is 164 Å². The number of amides is 1.